The average molecular weight is 380 g/mol. The number of rotatable bonds is 4. The second-order valence-corrected chi connectivity index (χ2v) is 8.62. The maximum absolute atomic E-state index is 9.66. The highest BCUT2D eigenvalue weighted by atomic mass is 16.3. The number of hydrogen-bond donors (Lipinski definition) is 5. The van der Waals surface area contributed by atoms with Crippen LogP contribution in [0.5, 0.6) is 5.75 Å². The summed E-state index contributed by atoms with van der Waals surface area (Å²) < 4.78 is 0. The van der Waals surface area contributed by atoms with Gasteiger partial charge in [-0.2, -0.15) is 0 Å². The summed E-state index contributed by atoms with van der Waals surface area (Å²) in [4.78, 5) is 0. The quantitative estimate of drug-likeness (QED) is 0.565. The van der Waals surface area contributed by atoms with Gasteiger partial charge in [-0.15, -0.1) is 0 Å². The molecule has 3 aliphatic rings. The molecule has 148 valence electrons. The lowest BCUT2D eigenvalue weighted by molar-refractivity contribution is 0.116. The van der Waals surface area contributed by atoms with E-state index < -0.39 is 0 Å². The van der Waals surface area contributed by atoms with Gasteiger partial charge in [0.05, 0.1) is 18.2 Å². The zero-order valence-electron chi connectivity index (χ0n) is 16.1. The predicted molar refractivity (Wildman–Crippen MR) is 109 cm³/mol. The largest absolute Gasteiger partial charge is 0.508 e. The van der Waals surface area contributed by atoms with Gasteiger partial charge < -0.3 is 15.5 Å². The highest BCUT2D eigenvalue weighted by Crippen LogP contribution is 2.46. The molecule has 0 aromatic heterocycles. The molecule has 5 heteroatoms. The molecular weight excluding hydrogens is 350 g/mol. The van der Waals surface area contributed by atoms with E-state index in [9.17, 15) is 10.2 Å². The van der Waals surface area contributed by atoms with E-state index in [2.05, 4.69) is 34.4 Å². The maximum Gasteiger partial charge on any atom is 0.115 e. The Morgan fingerprint density at radius 1 is 0.929 bits per heavy atom. The number of benzene rings is 2. The number of aliphatic hydroxyl groups is 1. The monoisotopic (exact) mass is 379 g/mol. The van der Waals surface area contributed by atoms with E-state index in [1.165, 1.54) is 22.3 Å². The molecule has 5 nitrogen and oxygen atoms in total. The first-order valence-electron chi connectivity index (χ1n) is 10.5. The minimum Gasteiger partial charge on any atom is -0.508 e. The highest BCUT2D eigenvalue weighted by Gasteiger charge is 2.42. The molecule has 2 aromatic rings. The van der Waals surface area contributed by atoms with Gasteiger partial charge >= 0.3 is 0 Å². The van der Waals surface area contributed by atoms with Crippen molar-refractivity contribution in [2.24, 2.45) is 5.92 Å². The number of hydrazine groups is 1. The van der Waals surface area contributed by atoms with E-state index in [4.69, 9.17) is 0 Å². The molecule has 3 unspecified atom stereocenters. The van der Waals surface area contributed by atoms with Gasteiger partial charge in [-0.25, -0.2) is 10.9 Å². The molecule has 1 aliphatic heterocycles. The molecule has 5 N–H and O–H groups in total. The molecular formula is C23H29N3O2. The summed E-state index contributed by atoms with van der Waals surface area (Å²) in [7, 11) is 0. The summed E-state index contributed by atoms with van der Waals surface area (Å²) in [5.41, 5.74) is 12.4. The summed E-state index contributed by atoms with van der Waals surface area (Å²) in [6.07, 6.45) is 4.94. The van der Waals surface area contributed by atoms with Crippen molar-refractivity contribution in [1.29, 1.82) is 0 Å². The Bertz CT molecular complexity index is 830. The maximum atomic E-state index is 9.66. The molecule has 3 atom stereocenters. The van der Waals surface area contributed by atoms with Gasteiger partial charge in [-0.05, 0) is 66.5 Å². The number of phenols is 1. The van der Waals surface area contributed by atoms with Crippen LogP contribution in [0.15, 0.2) is 42.5 Å². The summed E-state index contributed by atoms with van der Waals surface area (Å²) >= 11 is 0. The van der Waals surface area contributed by atoms with Gasteiger partial charge in [0.2, 0.25) is 0 Å². The fourth-order valence-electron chi connectivity index (χ4n) is 5.19. The number of fused-ring (bicyclic) bond motifs is 3. The third-order valence-corrected chi connectivity index (χ3v) is 6.79. The van der Waals surface area contributed by atoms with Crippen molar-refractivity contribution in [3.63, 3.8) is 0 Å². The van der Waals surface area contributed by atoms with Crippen LogP contribution in [0.2, 0.25) is 0 Å². The van der Waals surface area contributed by atoms with Crippen LogP contribution in [0.1, 0.15) is 60.0 Å². The van der Waals surface area contributed by atoms with Gasteiger partial charge in [-0.3, -0.25) is 0 Å². The van der Waals surface area contributed by atoms with Gasteiger partial charge in [0.15, 0.2) is 0 Å². The molecule has 2 aromatic carbocycles. The normalized spacial score (nSPS) is 31.5. The van der Waals surface area contributed by atoms with Crippen LogP contribution in [0, 0.1) is 5.92 Å². The van der Waals surface area contributed by atoms with Crippen LogP contribution < -0.4 is 16.2 Å². The van der Waals surface area contributed by atoms with Crippen molar-refractivity contribution in [2.75, 3.05) is 0 Å². The highest BCUT2D eigenvalue weighted by molar-refractivity contribution is 5.42. The van der Waals surface area contributed by atoms with Crippen LogP contribution in [-0.2, 0) is 13.0 Å². The van der Waals surface area contributed by atoms with Crippen molar-refractivity contribution < 1.29 is 10.2 Å². The van der Waals surface area contributed by atoms with Crippen molar-refractivity contribution in [3.05, 3.63) is 64.7 Å². The van der Waals surface area contributed by atoms with Crippen molar-refractivity contribution in [2.45, 2.75) is 62.9 Å². The third-order valence-electron chi connectivity index (χ3n) is 6.79. The predicted octanol–water partition coefficient (Wildman–Crippen LogP) is 2.85. The van der Waals surface area contributed by atoms with Gasteiger partial charge in [0.1, 0.15) is 5.75 Å². The summed E-state index contributed by atoms with van der Waals surface area (Å²) in [5.74, 6) is 0.799. The SMILES string of the molecule is Oc1ccc(C2NNC3c4ccc(CNC5CCC(O)CC5)cc4CC23)cc1. The van der Waals surface area contributed by atoms with Crippen molar-refractivity contribution in [1.82, 2.24) is 16.2 Å². The van der Waals surface area contributed by atoms with Gasteiger partial charge in [-0.1, -0.05) is 30.3 Å². The van der Waals surface area contributed by atoms with E-state index in [0.29, 0.717) is 23.8 Å². The lowest BCUT2D eigenvalue weighted by atomic mass is 9.90. The smallest absolute Gasteiger partial charge is 0.115 e. The molecule has 0 bridgehead atoms. The zero-order chi connectivity index (χ0) is 19.1. The molecule has 0 amide bonds. The first-order chi connectivity index (χ1) is 13.7. The number of hydrogen-bond acceptors (Lipinski definition) is 5. The minimum absolute atomic E-state index is 0.0971. The Labute approximate surface area is 166 Å². The van der Waals surface area contributed by atoms with E-state index in [1.807, 2.05) is 12.1 Å². The Hall–Kier alpha value is -1.92. The number of aliphatic hydroxyl groups excluding tert-OH is 1. The van der Waals surface area contributed by atoms with E-state index >= 15 is 0 Å². The second kappa shape index (κ2) is 7.48. The molecule has 1 saturated heterocycles. The Morgan fingerprint density at radius 2 is 1.68 bits per heavy atom. The van der Waals surface area contributed by atoms with Crippen LogP contribution in [0.25, 0.3) is 0 Å². The molecule has 1 saturated carbocycles. The van der Waals surface area contributed by atoms with Crippen LogP contribution in [0.4, 0.5) is 0 Å². The minimum atomic E-state index is -0.0971. The molecule has 1 heterocycles. The molecule has 28 heavy (non-hydrogen) atoms. The Balaban J connectivity index is 1.26. The fourth-order valence-corrected chi connectivity index (χ4v) is 5.19. The Kier molecular flexibility index (Phi) is 4.85. The van der Waals surface area contributed by atoms with E-state index in [0.717, 1.165) is 38.6 Å². The first-order valence-corrected chi connectivity index (χ1v) is 10.5. The Morgan fingerprint density at radius 3 is 2.46 bits per heavy atom. The third kappa shape index (κ3) is 3.44. The van der Waals surface area contributed by atoms with Gasteiger partial charge in [0.25, 0.3) is 0 Å². The van der Waals surface area contributed by atoms with Gasteiger partial charge in [0, 0.05) is 18.5 Å². The molecule has 0 radical (unpaired) electrons. The zero-order valence-corrected chi connectivity index (χ0v) is 16.1. The topological polar surface area (TPSA) is 76.5 Å². The summed E-state index contributed by atoms with van der Waals surface area (Å²) in [5, 5.41) is 22.9. The lowest BCUT2D eigenvalue weighted by Gasteiger charge is -2.26. The number of phenolic OH excluding ortho intramolecular Hbond substituents is 1. The first kappa shape index (κ1) is 18.1. The molecule has 5 rings (SSSR count). The lowest BCUT2D eigenvalue weighted by Crippen LogP contribution is -2.34. The second-order valence-electron chi connectivity index (χ2n) is 8.62. The summed E-state index contributed by atoms with van der Waals surface area (Å²) in [6, 6.07) is 15.6. The van der Waals surface area contributed by atoms with E-state index in [-0.39, 0.29) is 12.1 Å². The van der Waals surface area contributed by atoms with Crippen molar-refractivity contribution >= 4 is 0 Å². The molecule has 0 spiro atoms. The average Bonchev–Trinajstić information content (AvgIpc) is 3.27. The standard InChI is InChI=1S/C23H29N3O2/c27-18-6-2-15(3-7-18)22-21-12-16-11-14(1-10-20(16)23(21)26-25-22)13-24-17-4-8-19(28)9-5-17/h1-3,6-7,10-11,17,19,21-28H,4-5,8-9,12-13H2. The van der Waals surface area contributed by atoms with Crippen LogP contribution >= 0.6 is 0 Å². The number of aromatic hydroxyl groups is 1. The number of nitrogens with one attached hydrogen (secondary N) is 3. The summed E-state index contributed by atoms with van der Waals surface area (Å²) in [6.45, 7) is 0.899. The van der Waals surface area contributed by atoms with E-state index in [1.54, 1.807) is 12.1 Å². The fraction of sp³-hybridized carbons (Fsp3) is 0.478. The molecule has 2 aliphatic carbocycles. The molecule has 2 fully saturated rings. The van der Waals surface area contributed by atoms with Crippen molar-refractivity contribution in [3.8, 4) is 5.75 Å². The van der Waals surface area contributed by atoms with Crippen LogP contribution in [-0.4, -0.2) is 22.4 Å². The van der Waals surface area contributed by atoms with Crippen LogP contribution in [0.3, 0.4) is 0 Å².